The molecule has 2 fully saturated rings. The molecule has 2 saturated carbocycles. The van der Waals surface area contributed by atoms with Gasteiger partial charge in [-0.25, -0.2) is 28.8 Å². The number of carboxylic acid groups (broad SMARTS) is 6. The minimum atomic E-state index is -1.01. The van der Waals surface area contributed by atoms with Gasteiger partial charge in [0, 0.05) is 43.8 Å². The van der Waals surface area contributed by atoms with E-state index >= 15 is 0 Å². The van der Waals surface area contributed by atoms with Crippen molar-refractivity contribution >= 4 is 135 Å². The Labute approximate surface area is 695 Å². The molecule has 34 nitrogen and oxygen atoms in total. The average Bonchev–Trinajstić information content (AvgIpc) is 1.84. The topological polar surface area (TPSA) is 489 Å². The van der Waals surface area contributed by atoms with E-state index in [1.54, 1.807) is 122 Å². The van der Waals surface area contributed by atoms with Crippen LogP contribution in [0.3, 0.4) is 0 Å². The van der Waals surface area contributed by atoms with Crippen LogP contribution in [-0.4, -0.2) is 210 Å². The molecule has 0 bridgehead atoms. The zero-order valence-corrected chi connectivity index (χ0v) is 70.3. The summed E-state index contributed by atoms with van der Waals surface area (Å²) in [4.78, 5) is 68.2. The molecule has 6 heterocycles. The van der Waals surface area contributed by atoms with Crippen LogP contribution in [0.1, 0.15) is 125 Å². The Morgan fingerprint density at radius 3 is 0.910 bits per heavy atom. The second-order valence-electron chi connectivity index (χ2n) is 22.7. The van der Waals surface area contributed by atoms with E-state index in [2.05, 4.69) is 158 Å². The highest BCUT2D eigenvalue weighted by Gasteiger charge is 2.23. The molecule has 6 aromatic heterocycles. The first-order valence-corrected chi connectivity index (χ1v) is 38.2. The molecule has 0 aliphatic heterocycles. The van der Waals surface area contributed by atoms with Gasteiger partial charge >= 0.3 is 35.8 Å². The van der Waals surface area contributed by atoms with E-state index in [0.717, 1.165) is 26.3 Å². The molecule has 588 valence electrons. The summed E-state index contributed by atoms with van der Waals surface area (Å²) >= 11 is 12.4. The van der Waals surface area contributed by atoms with Crippen molar-refractivity contribution in [1.82, 2.24) is 112 Å². The lowest BCUT2D eigenvalue weighted by atomic mass is 9.91. The molecular weight excluding hydrogens is 1910 g/mol. The van der Waals surface area contributed by atoms with Crippen molar-refractivity contribution in [3.05, 3.63) is 260 Å². The smallest absolute Gasteiger partial charge is 0.338 e. The normalized spacial score (nSPS) is 14.0. The second kappa shape index (κ2) is 53.0. The largest absolute Gasteiger partial charge is 0.478 e. The van der Waals surface area contributed by atoms with Gasteiger partial charge in [0.25, 0.3) is 0 Å². The Balaban J connectivity index is 0.000000261. The summed E-state index contributed by atoms with van der Waals surface area (Å²) in [5.74, 6) is -5.61. The first-order chi connectivity index (χ1) is 53.3. The minimum Gasteiger partial charge on any atom is -0.478 e. The zero-order chi connectivity index (χ0) is 81.5. The van der Waals surface area contributed by atoms with Gasteiger partial charge in [0.15, 0.2) is 0 Å². The maximum Gasteiger partial charge on any atom is 0.338 e. The molecule has 0 spiro atoms. The van der Waals surface area contributed by atoms with Gasteiger partial charge in [-0.2, -0.15) is 91.2 Å². The first kappa shape index (κ1) is 93.4. The van der Waals surface area contributed by atoms with Crippen molar-refractivity contribution in [3.63, 3.8) is 0 Å². The van der Waals surface area contributed by atoms with Crippen molar-refractivity contribution in [3.8, 4) is 17.1 Å². The van der Waals surface area contributed by atoms with Crippen molar-refractivity contribution < 1.29 is 59.4 Å². The molecule has 0 saturated heterocycles. The number of carbonyl (C=O) groups is 6. The summed E-state index contributed by atoms with van der Waals surface area (Å²) < 4.78 is 3.79. The van der Waals surface area contributed by atoms with E-state index in [1.165, 1.54) is 115 Å². The van der Waals surface area contributed by atoms with Crippen LogP contribution >= 0.6 is 99.6 Å². The monoisotopic (exact) mass is 1990 g/mol. The molecule has 2 aliphatic carbocycles. The molecule has 12 aromatic rings. The molecular formula is C72H83Br2I3N22O12. The van der Waals surface area contributed by atoms with E-state index < -0.39 is 35.8 Å². The van der Waals surface area contributed by atoms with Crippen LogP contribution in [0.15, 0.2) is 205 Å². The number of H-pyrrole nitrogens is 3. The maximum atomic E-state index is 11.0. The third-order valence-electron chi connectivity index (χ3n) is 15.2. The number of aryl methyl sites for hydroxylation is 2. The lowest BCUT2D eigenvalue weighted by Gasteiger charge is -2.30. The lowest BCUT2D eigenvalue weighted by molar-refractivity contribution is 0.0685. The zero-order valence-electron chi connectivity index (χ0n) is 60.7. The van der Waals surface area contributed by atoms with Gasteiger partial charge in [0.2, 0.25) is 0 Å². The SMILES string of the molecule is CN[C@H]1CCCC[C@@H]1NC.CN[C@H]1CCCC[C@@H]1NC.Cc1ccc(-n2nccn2)c(C(=O)O)c1.Cc1ccc(I)c(C(=O)O)c1.O=C(O)c1cc(Br)ccc1-n1nccn1.O=C(O)c1cc(Br)ccc1I.O=C(O)c1ccccc1-n1nccn1.O=C(O)c1ccccc1I.c1cn[nH]n1.c1cn[nH]n1.c1cn[nH]n1. The van der Waals surface area contributed by atoms with Gasteiger partial charge in [-0.1, -0.05) is 105 Å². The summed E-state index contributed by atoms with van der Waals surface area (Å²) in [6.45, 7) is 3.72. The third-order valence-corrected chi connectivity index (χ3v) is 19.0. The molecule has 0 amide bonds. The molecule has 111 heavy (non-hydrogen) atoms. The number of hydrogen-bond acceptors (Lipinski definition) is 22. The predicted molar refractivity (Wildman–Crippen MR) is 446 cm³/mol. The molecule has 4 atom stereocenters. The Bertz CT molecular complexity index is 4320. The number of aromatic carboxylic acids is 6. The van der Waals surface area contributed by atoms with Gasteiger partial charge in [-0.3, -0.25) is 0 Å². The van der Waals surface area contributed by atoms with E-state index in [0.29, 0.717) is 62.4 Å². The van der Waals surface area contributed by atoms with Crippen LogP contribution in [0.4, 0.5) is 0 Å². The van der Waals surface area contributed by atoms with Gasteiger partial charge in [-0.15, -0.1) is 0 Å². The van der Waals surface area contributed by atoms with Gasteiger partial charge in [0.05, 0.1) is 108 Å². The van der Waals surface area contributed by atoms with Gasteiger partial charge in [-0.05, 0) is 220 Å². The fourth-order valence-corrected chi connectivity index (χ4v) is 12.4. The van der Waals surface area contributed by atoms with Crippen LogP contribution < -0.4 is 21.3 Å². The summed E-state index contributed by atoms with van der Waals surface area (Å²) in [5, 5.41) is 118. The van der Waals surface area contributed by atoms with Crippen molar-refractivity contribution in [2.45, 2.75) is 89.4 Å². The Morgan fingerprint density at radius 1 is 0.342 bits per heavy atom. The number of nitrogens with one attached hydrogen (secondary N) is 7. The number of aromatic nitrogens is 18. The standard InChI is InChI=1S/C10H9N3O2.C9H6BrN3O2.C9H7N3O2.C8H7IO2.2C8H18N2.C7H4BrIO2.C7H5IO2.3C2H3N3/c1-7-2-3-9(8(6-7)10(14)15)13-11-4-5-12-13;10-6-1-2-8(7(5-6)9(14)15)13-11-3-4-12-13;13-9(14)7-3-1-2-4-8(7)12-10-5-6-11-12;1-5-2-3-7(9)6(4-5)8(10)11;2*1-9-7-5-3-4-6-8(7)10-2;8-4-1-2-6(9)5(3-4)7(10)11;8-6-4-2-1-3-5(6)7(9)10;3*1-2-4-5-3-1/h2-6H,1H3,(H,14,15);1-5H,(H,14,15);1-6H,(H,13,14);2-4H,1H3,(H,10,11);2*7-10H,3-6H2,1-2H3;1-3H,(H,10,11);1-4H,(H,9,10);3*1-2H,(H,3,4,5)/t;;;;2*7-,8-;;;;;/m....00...../s1. The van der Waals surface area contributed by atoms with E-state index in [-0.39, 0.29) is 16.7 Å². The Kier molecular flexibility index (Phi) is 44.5. The molecule has 13 N–H and O–H groups in total. The molecule has 39 heteroatoms. The maximum absolute atomic E-state index is 11.0. The minimum absolute atomic E-state index is 0.153. The molecule has 0 radical (unpaired) electrons. The number of nitrogens with zero attached hydrogens (tertiary/aromatic N) is 15. The highest BCUT2D eigenvalue weighted by Crippen LogP contribution is 2.23. The van der Waals surface area contributed by atoms with Crippen molar-refractivity contribution in [1.29, 1.82) is 0 Å². The van der Waals surface area contributed by atoms with Crippen LogP contribution in [0.2, 0.25) is 0 Å². The fourth-order valence-electron chi connectivity index (χ4n) is 9.94. The molecule has 2 aliphatic rings. The second-order valence-corrected chi connectivity index (χ2v) is 28.0. The van der Waals surface area contributed by atoms with E-state index in [9.17, 15) is 28.8 Å². The van der Waals surface area contributed by atoms with E-state index in [4.69, 9.17) is 30.6 Å². The fraction of sp³-hybridized carbons (Fsp3) is 0.250. The van der Waals surface area contributed by atoms with Crippen LogP contribution in [-0.2, 0) is 0 Å². The Hall–Kier alpha value is -10.0. The quantitative estimate of drug-likeness (QED) is 0.0477. The summed E-state index contributed by atoms with van der Waals surface area (Å²) in [7, 11) is 8.22. The highest BCUT2D eigenvalue weighted by atomic mass is 127. The number of benzene rings is 6. The van der Waals surface area contributed by atoms with Crippen LogP contribution in [0.25, 0.3) is 17.1 Å². The molecule has 6 aromatic carbocycles. The third kappa shape index (κ3) is 34.8. The van der Waals surface area contributed by atoms with Crippen molar-refractivity contribution in [2.75, 3.05) is 28.2 Å². The van der Waals surface area contributed by atoms with Crippen LogP contribution in [0, 0.1) is 24.6 Å². The summed E-state index contributed by atoms with van der Waals surface area (Å²) in [6, 6.07) is 36.8. The first-order valence-electron chi connectivity index (χ1n) is 33.4. The van der Waals surface area contributed by atoms with Crippen LogP contribution in [0.5, 0.6) is 0 Å². The van der Waals surface area contributed by atoms with Crippen molar-refractivity contribution in [2.24, 2.45) is 0 Å². The highest BCUT2D eigenvalue weighted by molar-refractivity contribution is 14.1. The number of halogens is 5. The van der Waals surface area contributed by atoms with Gasteiger partial charge < -0.3 is 51.9 Å². The lowest BCUT2D eigenvalue weighted by Crippen LogP contribution is -2.47. The molecule has 0 unspecified atom stereocenters. The number of hydrogen-bond donors (Lipinski definition) is 13. The molecule has 14 rings (SSSR count). The predicted octanol–water partition coefficient (Wildman–Crippen LogP) is 11.9. The number of aromatic amines is 3. The van der Waals surface area contributed by atoms with E-state index in [1.807, 2.05) is 106 Å². The van der Waals surface area contributed by atoms with Gasteiger partial charge in [0.1, 0.15) is 17.1 Å². The number of carboxylic acids is 6. The summed E-state index contributed by atoms with van der Waals surface area (Å²) in [5.41, 5.74) is 4.86. The average molecular weight is 1990 g/mol. The number of rotatable bonds is 13. The Morgan fingerprint density at radius 2 is 0.604 bits per heavy atom. The number of likely N-dealkylation sites (N-methyl/N-ethyl adjacent to an activating group) is 4. The summed E-state index contributed by atoms with van der Waals surface area (Å²) in [6.07, 6.45) is 29.4. The number of para-hydroxylation sites is 1.